The molecule has 0 amide bonds. The highest BCUT2D eigenvalue weighted by molar-refractivity contribution is 6.42. The fourth-order valence-electron chi connectivity index (χ4n) is 1.46. The third kappa shape index (κ3) is 1.83. The molecule has 0 aliphatic heterocycles. The SMILES string of the molecule is Clc1ccc(-c2ccc3nnnn3n2)cc1Cl. The Hall–Kier alpha value is -1.72. The number of hydrogen-bond acceptors (Lipinski definition) is 4. The average molecular weight is 266 g/mol. The summed E-state index contributed by atoms with van der Waals surface area (Å²) in [6, 6.07) is 8.93. The van der Waals surface area contributed by atoms with Crippen molar-refractivity contribution in [2.24, 2.45) is 0 Å². The van der Waals surface area contributed by atoms with Crippen molar-refractivity contribution in [2.75, 3.05) is 0 Å². The van der Waals surface area contributed by atoms with E-state index >= 15 is 0 Å². The van der Waals surface area contributed by atoms with Gasteiger partial charge >= 0.3 is 0 Å². The molecule has 0 unspecified atom stereocenters. The van der Waals surface area contributed by atoms with Crippen LogP contribution in [0.15, 0.2) is 30.3 Å². The Morgan fingerprint density at radius 2 is 1.88 bits per heavy atom. The number of aromatic nitrogens is 5. The smallest absolute Gasteiger partial charge is 0.147 e. The second-order valence-corrected chi connectivity index (χ2v) is 4.19. The van der Waals surface area contributed by atoms with E-state index in [-0.39, 0.29) is 0 Å². The number of tetrazole rings is 1. The van der Waals surface area contributed by atoms with Crippen molar-refractivity contribution < 1.29 is 0 Å². The van der Waals surface area contributed by atoms with Gasteiger partial charge in [-0.25, -0.2) is 0 Å². The number of hydrogen-bond donors (Lipinski definition) is 0. The normalized spacial score (nSPS) is 10.9. The maximum absolute atomic E-state index is 5.95. The van der Waals surface area contributed by atoms with E-state index in [1.807, 2.05) is 12.1 Å². The average Bonchev–Trinajstić information content (AvgIpc) is 2.79. The molecule has 0 fully saturated rings. The van der Waals surface area contributed by atoms with Crippen LogP contribution in [0.4, 0.5) is 0 Å². The van der Waals surface area contributed by atoms with E-state index in [2.05, 4.69) is 20.6 Å². The first kappa shape index (κ1) is 10.4. The van der Waals surface area contributed by atoms with Gasteiger partial charge in [-0.2, -0.15) is 0 Å². The van der Waals surface area contributed by atoms with E-state index in [1.165, 1.54) is 4.63 Å². The van der Waals surface area contributed by atoms with Crippen LogP contribution in [0, 0.1) is 0 Å². The topological polar surface area (TPSA) is 56.0 Å². The molecule has 0 N–H and O–H groups in total. The summed E-state index contributed by atoms with van der Waals surface area (Å²) in [5.74, 6) is 0. The monoisotopic (exact) mass is 265 g/mol. The van der Waals surface area contributed by atoms with E-state index < -0.39 is 0 Å². The van der Waals surface area contributed by atoms with Gasteiger partial charge in [0, 0.05) is 5.56 Å². The van der Waals surface area contributed by atoms with Crippen LogP contribution >= 0.6 is 23.2 Å². The molecule has 0 atom stereocenters. The molecule has 0 saturated carbocycles. The van der Waals surface area contributed by atoms with Crippen LogP contribution in [-0.2, 0) is 0 Å². The number of benzene rings is 1. The molecule has 0 bridgehead atoms. The minimum Gasteiger partial charge on any atom is -0.147 e. The highest BCUT2D eigenvalue weighted by Gasteiger charge is 2.05. The van der Waals surface area contributed by atoms with Gasteiger partial charge in [-0.1, -0.05) is 29.3 Å². The molecule has 0 radical (unpaired) electrons. The predicted octanol–water partition coefficient (Wildman–Crippen LogP) is 2.49. The van der Waals surface area contributed by atoms with E-state index in [4.69, 9.17) is 23.2 Å². The molecule has 7 heteroatoms. The molecule has 2 aromatic heterocycles. The lowest BCUT2D eigenvalue weighted by molar-refractivity contribution is 0.736. The van der Waals surface area contributed by atoms with Gasteiger partial charge < -0.3 is 0 Å². The van der Waals surface area contributed by atoms with Gasteiger partial charge in [-0.05, 0) is 34.7 Å². The van der Waals surface area contributed by atoms with E-state index in [0.29, 0.717) is 15.7 Å². The van der Waals surface area contributed by atoms with Crippen LogP contribution in [0.5, 0.6) is 0 Å². The molecule has 3 aromatic rings. The summed E-state index contributed by atoms with van der Waals surface area (Å²) in [7, 11) is 0. The Morgan fingerprint density at radius 3 is 2.71 bits per heavy atom. The van der Waals surface area contributed by atoms with Crippen LogP contribution in [0.25, 0.3) is 16.9 Å². The molecule has 0 aliphatic rings. The standard InChI is InChI=1S/C10H5Cl2N5/c11-7-2-1-6(5-8(7)12)9-3-4-10-13-15-16-17(10)14-9/h1-5H. The summed E-state index contributed by atoms with van der Waals surface area (Å²) in [6.07, 6.45) is 0. The molecule has 0 spiro atoms. The maximum atomic E-state index is 5.95. The van der Waals surface area contributed by atoms with E-state index in [0.717, 1.165) is 11.3 Å². The second kappa shape index (κ2) is 3.94. The van der Waals surface area contributed by atoms with Gasteiger partial charge in [-0.3, -0.25) is 0 Å². The lowest BCUT2D eigenvalue weighted by Gasteiger charge is -2.02. The number of rotatable bonds is 1. The molecule has 2 heterocycles. The zero-order valence-electron chi connectivity index (χ0n) is 8.38. The number of halogens is 2. The van der Waals surface area contributed by atoms with Crippen LogP contribution < -0.4 is 0 Å². The van der Waals surface area contributed by atoms with Gasteiger partial charge in [0.1, 0.15) is 0 Å². The number of nitrogens with zero attached hydrogens (tertiary/aromatic N) is 5. The lowest BCUT2D eigenvalue weighted by atomic mass is 10.1. The first-order chi connectivity index (χ1) is 8.24. The second-order valence-electron chi connectivity index (χ2n) is 3.37. The summed E-state index contributed by atoms with van der Waals surface area (Å²) in [4.78, 5) is 0. The first-order valence-electron chi connectivity index (χ1n) is 4.75. The minimum absolute atomic E-state index is 0.489. The van der Waals surface area contributed by atoms with Crippen LogP contribution in [0.2, 0.25) is 10.0 Å². The van der Waals surface area contributed by atoms with Gasteiger partial charge in [0.15, 0.2) is 5.65 Å². The van der Waals surface area contributed by atoms with Crippen LogP contribution in [0.1, 0.15) is 0 Å². The summed E-state index contributed by atoms with van der Waals surface area (Å²) < 4.78 is 1.36. The molecule has 17 heavy (non-hydrogen) atoms. The summed E-state index contributed by atoms with van der Waals surface area (Å²) >= 11 is 11.8. The molecule has 5 nitrogen and oxygen atoms in total. The van der Waals surface area contributed by atoms with Gasteiger partial charge in [-0.15, -0.1) is 14.8 Å². The van der Waals surface area contributed by atoms with Crippen molar-refractivity contribution in [2.45, 2.75) is 0 Å². The zero-order chi connectivity index (χ0) is 11.8. The Kier molecular flexibility index (Phi) is 2.42. The maximum Gasteiger partial charge on any atom is 0.200 e. The molecular formula is C10H5Cl2N5. The van der Waals surface area contributed by atoms with Crippen molar-refractivity contribution in [3.63, 3.8) is 0 Å². The Balaban J connectivity index is 2.16. The van der Waals surface area contributed by atoms with Crippen molar-refractivity contribution in [3.05, 3.63) is 40.4 Å². The highest BCUT2D eigenvalue weighted by Crippen LogP contribution is 2.27. The highest BCUT2D eigenvalue weighted by atomic mass is 35.5. The van der Waals surface area contributed by atoms with Crippen molar-refractivity contribution in [1.29, 1.82) is 0 Å². The molecule has 0 aliphatic carbocycles. The lowest BCUT2D eigenvalue weighted by Crippen LogP contribution is -1.96. The van der Waals surface area contributed by atoms with Crippen molar-refractivity contribution in [1.82, 2.24) is 25.3 Å². The zero-order valence-corrected chi connectivity index (χ0v) is 9.89. The quantitative estimate of drug-likeness (QED) is 0.679. The molecular weight excluding hydrogens is 261 g/mol. The fraction of sp³-hybridized carbons (Fsp3) is 0. The van der Waals surface area contributed by atoms with Crippen molar-refractivity contribution >= 4 is 28.8 Å². The number of fused-ring (bicyclic) bond motifs is 1. The predicted molar refractivity (Wildman–Crippen MR) is 64.0 cm³/mol. The Labute approximate surface area is 106 Å². The largest absolute Gasteiger partial charge is 0.200 e. The molecule has 84 valence electrons. The molecule has 0 saturated heterocycles. The van der Waals surface area contributed by atoms with E-state index in [1.54, 1.807) is 18.2 Å². The van der Waals surface area contributed by atoms with Crippen LogP contribution in [-0.4, -0.2) is 25.3 Å². The summed E-state index contributed by atoms with van der Waals surface area (Å²) in [5, 5.41) is 16.3. The molecule has 1 aromatic carbocycles. The van der Waals surface area contributed by atoms with Crippen LogP contribution in [0.3, 0.4) is 0 Å². The Bertz CT molecular complexity index is 694. The third-order valence-electron chi connectivity index (χ3n) is 2.28. The van der Waals surface area contributed by atoms with E-state index in [9.17, 15) is 0 Å². The van der Waals surface area contributed by atoms with Gasteiger partial charge in [0.2, 0.25) is 0 Å². The molecule has 3 rings (SSSR count). The van der Waals surface area contributed by atoms with Gasteiger partial charge in [0.25, 0.3) is 0 Å². The van der Waals surface area contributed by atoms with Crippen molar-refractivity contribution in [3.8, 4) is 11.3 Å². The first-order valence-corrected chi connectivity index (χ1v) is 5.50. The minimum atomic E-state index is 0.489. The van der Waals surface area contributed by atoms with Gasteiger partial charge in [0.05, 0.1) is 15.7 Å². The third-order valence-corrected chi connectivity index (χ3v) is 3.02. The fourth-order valence-corrected chi connectivity index (χ4v) is 1.76. The summed E-state index contributed by atoms with van der Waals surface area (Å²) in [6.45, 7) is 0. The summed E-state index contributed by atoms with van der Waals surface area (Å²) in [5.41, 5.74) is 2.17. The Morgan fingerprint density at radius 1 is 1.00 bits per heavy atom.